The van der Waals surface area contributed by atoms with Crippen LogP contribution in [-0.4, -0.2) is 60.9 Å². The summed E-state index contributed by atoms with van der Waals surface area (Å²) in [5, 5.41) is 25.3. The fourth-order valence-electron chi connectivity index (χ4n) is 3.24. The van der Waals surface area contributed by atoms with Crippen LogP contribution in [0.4, 0.5) is 15.8 Å². The molecule has 3 rings (SSSR count). The fourth-order valence-corrected chi connectivity index (χ4v) is 3.24. The highest BCUT2D eigenvalue weighted by molar-refractivity contribution is 5.99. The molecular weight excluding hydrogens is 361 g/mol. The second kappa shape index (κ2) is 6.83. The molecule has 10 nitrogen and oxygen atoms in total. The van der Waals surface area contributed by atoms with Crippen LogP contribution in [-0.2, 0) is 0 Å². The van der Waals surface area contributed by atoms with E-state index < -0.39 is 33.4 Å². The van der Waals surface area contributed by atoms with E-state index in [1.807, 2.05) is 0 Å². The van der Waals surface area contributed by atoms with E-state index in [4.69, 9.17) is 0 Å². The molecule has 2 aromatic rings. The number of aromatic carboxylic acids is 1. The summed E-state index contributed by atoms with van der Waals surface area (Å²) >= 11 is 0. The van der Waals surface area contributed by atoms with Gasteiger partial charge in [-0.05, 0) is 6.07 Å². The molecule has 0 spiro atoms. The Morgan fingerprint density at radius 1 is 1.37 bits per heavy atom. The zero-order chi connectivity index (χ0) is 19.9. The average molecular weight is 379 g/mol. The second-order valence-corrected chi connectivity index (χ2v) is 6.31. The van der Waals surface area contributed by atoms with Gasteiger partial charge in [0.2, 0.25) is 5.43 Å². The van der Waals surface area contributed by atoms with Gasteiger partial charge in [0.1, 0.15) is 5.56 Å². The normalized spacial score (nSPS) is 14.4. The van der Waals surface area contributed by atoms with Crippen LogP contribution in [0.15, 0.2) is 17.1 Å². The largest absolute Gasteiger partial charge is 0.477 e. The van der Waals surface area contributed by atoms with E-state index in [0.717, 1.165) is 12.3 Å². The van der Waals surface area contributed by atoms with Crippen molar-refractivity contribution < 1.29 is 19.2 Å². The van der Waals surface area contributed by atoms with Crippen molar-refractivity contribution in [3.8, 4) is 0 Å². The Labute approximate surface area is 152 Å². The molecule has 27 heavy (non-hydrogen) atoms. The monoisotopic (exact) mass is 379 g/mol. The number of nitro groups is 1. The molecule has 0 amide bonds. The van der Waals surface area contributed by atoms with Gasteiger partial charge in [-0.1, -0.05) is 0 Å². The minimum atomic E-state index is -1.49. The lowest BCUT2D eigenvalue weighted by Gasteiger charge is -2.30. The summed E-state index contributed by atoms with van der Waals surface area (Å²) in [6, 6.07) is 0.883. The van der Waals surface area contributed by atoms with E-state index >= 15 is 0 Å². The first-order valence-electron chi connectivity index (χ1n) is 8.17. The number of nitrogens with zero attached hydrogens (tertiary/aromatic N) is 4. The van der Waals surface area contributed by atoms with Crippen LogP contribution >= 0.6 is 0 Å². The van der Waals surface area contributed by atoms with Crippen molar-refractivity contribution in [3.05, 3.63) is 44.0 Å². The third kappa shape index (κ3) is 3.05. The predicted molar refractivity (Wildman–Crippen MR) is 96.9 cm³/mol. The molecule has 0 radical (unpaired) electrons. The van der Waals surface area contributed by atoms with Gasteiger partial charge in [0, 0.05) is 46.5 Å². The summed E-state index contributed by atoms with van der Waals surface area (Å²) in [6.45, 7) is 1.80. The van der Waals surface area contributed by atoms with Gasteiger partial charge in [0.25, 0.3) is 0 Å². The number of fused-ring (bicyclic) bond motifs is 1. The van der Waals surface area contributed by atoms with Gasteiger partial charge in [-0.2, -0.15) is 0 Å². The number of anilines is 1. The molecule has 1 aromatic heterocycles. The van der Waals surface area contributed by atoms with Gasteiger partial charge in [-0.3, -0.25) is 19.6 Å². The number of aromatic nitrogens is 1. The van der Waals surface area contributed by atoms with Crippen molar-refractivity contribution in [1.82, 2.24) is 9.99 Å². The molecule has 144 valence electrons. The molecule has 1 saturated heterocycles. The zero-order valence-electron chi connectivity index (χ0n) is 14.7. The maximum atomic E-state index is 14.9. The number of nitrogens with one attached hydrogen (secondary N) is 1. The Morgan fingerprint density at radius 3 is 2.52 bits per heavy atom. The molecule has 1 aliphatic rings. The molecule has 2 heterocycles. The summed E-state index contributed by atoms with van der Waals surface area (Å²) in [5.41, 5.74) is -2.47. The van der Waals surface area contributed by atoms with Crippen LogP contribution in [0.2, 0.25) is 0 Å². The van der Waals surface area contributed by atoms with E-state index in [0.29, 0.717) is 26.2 Å². The highest BCUT2D eigenvalue weighted by Crippen LogP contribution is 2.37. The Kier molecular flexibility index (Phi) is 4.70. The number of carbonyl (C=O) groups is 1. The highest BCUT2D eigenvalue weighted by atomic mass is 19.1. The van der Waals surface area contributed by atoms with Crippen molar-refractivity contribution in [2.45, 2.75) is 0 Å². The van der Waals surface area contributed by atoms with Gasteiger partial charge in [-0.15, -0.1) is 0 Å². The first-order chi connectivity index (χ1) is 12.7. The summed E-state index contributed by atoms with van der Waals surface area (Å²) in [6.07, 6.45) is 1.01. The van der Waals surface area contributed by atoms with Crippen LogP contribution in [0, 0.1) is 15.9 Å². The lowest BCUT2D eigenvalue weighted by molar-refractivity contribution is -0.382. The summed E-state index contributed by atoms with van der Waals surface area (Å²) in [7, 11) is 3.07. The number of nitro benzene ring substituents is 1. The molecule has 1 fully saturated rings. The number of piperazine rings is 1. The van der Waals surface area contributed by atoms with Gasteiger partial charge in [0.05, 0.1) is 10.3 Å². The van der Waals surface area contributed by atoms with E-state index in [1.54, 1.807) is 4.90 Å². The lowest BCUT2D eigenvalue weighted by Crippen LogP contribution is -2.44. The number of carboxylic acid groups (broad SMARTS) is 1. The number of rotatable bonds is 4. The lowest BCUT2D eigenvalue weighted by atomic mass is 10.1. The number of benzene rings is 1. The molecule has 0 unspecified atom stereocenters. The van der Waals surface area contributed by atoms with E-state index in [-0.39, 0.29) is 16.6 Å². The van der Waals surface area contributed by atoms with Crippen LogP contribution in [0.25, 0.3) is 10.9 Å². The van der Waals surface area contributed by atoms with Crippen molar-refractivity contribution in [1.29, 1.82) is 0 Å². The molecule has 1 aliphatic heterocycles. The maximum Gasteiger partial charge on any atom is 0.341 e. The standard InChI is InChI=1S/C16H18FN5O5/c1-19(2)21-8-10(16(24)25)15(23)9-7-11(17)13(14(12(9)21)22(26)27)20-5-3-18-4-6-20/h7-8,18H,3-6H2,1-2H3,(H,24,25). The number of carboxylic acids is 1. The summed E-state index contributed by atoms with van der Waals surface area (Å²) < 4.78 is 16.1. The summed E-state index contributed by atoms with van der Waals surface area (Å²) in [4.78, 5) is 36.6. The quantitative estimate of drug-likeness (QED) is 0.577. The number of hydrogen-bond donors (Lipinski definition) is 2. The highest BCUT2D eigenvalue weighted by Gasteiger charge is 2.32. The molecule has 0 bridgehead atoms. The number of halogens is 1. The van der Waals surface area contributed by atoms with E-state index in [1.165, 1.54) is 23.8 Å². The van der Waals surface area contributed by atoms with Gasteiger partial charge in [-0.25, -0.2) is 9.18 Å². The Bertz CT molecular complexity index is 997. The first kappa shape index (κ1) is 18.6. The molecule has 0 saturated carbocycles. The minimum Gasteiger partial charge on any atom is -0.477 e. The molecule has 0 aliphatic carbocycles. The molecule has 11 heteroatoms. The van der Waals surface area contributed by atoms with Crippen LogP contribution in [0.5, 0.6) is 0 Å². The smallest absolute Gasteiger partial charge is 0.341 e. The molecule has 1 aromatic carbocycles. The third-order valence-corrected chi connectivity index (χ3v) is 4.45. The van der Waals surface area contributed by atoms with Gasteiger partial charge in [0.15, 0.2) is 17.0 Å². The first-order valence-corrected chi connectivity index (χ1v) is 8.17. The van der Waals surface area contributed by atoms with E-state index in [2.05, 4.69) is 5.32 Å². The molecule has 0 atom stereocenters. The van der Waals surface area contributed by atoms with E-state index in [9.17, 15) is 29.2 Å². The Balaban J connectivity index is 2.48. The Hall–Kier alpha value is -3.21. The zero-order valence-corrected chi connectivity index (χ0v) is 14.7. The van der Waals surface area contributed by atoms with Gasteiger partial charge >= 0.3 is 11.7 Å². The van der Waals surface area contributed by atoms with Crippen molar-refractivity contribution in [2.75, 3.05) is 50.2 Å². The third-order valence-electron chi connectivity index (χ3n) is 4.45. The van der Waals surface area contributed by atoms with Crippen molar-refractivity contribution in [2.24, 2.45) is 0 Å². The average Bonchev–Trinajstić information content (AvgIpc) is 2.61. The molecular formula is C16H18FN5O5. The molecule has 2 N–H and O–H groups in total. The number of pyridine rings is 1. The second-order valence-electron chi connectivity index (χ2n) is 6.31. The minimum absolute atomic E-state index is 0.144. The predicted octanol–water partition coefficient (Wildman–Crippen LogP) is 0.354. The number of hydrogen-bond acceptors (Lipinski definition) is 7. The fraction of sp³-hybridized carbons (Fsp3) is 0.375. The van der Waals surface area contributed by atoms with Crippen LogP contribution in [0.1, 0.15) is 10.4 Å². The SMILES string of the molecule is CN(C)n1cc(C(=O)O)c(=O)c2cc(F)c(N3CCNCC3)c([N+](=O)[O-])c21. The van der Waals surface area contributed by atoms with Gasteiger partial charge < -0.3 is 20.3 Å². The van der Waals surface area contributed by atoms with Crippen molar-refractivity contribution in [3.63, 3.8) is 0 Å². The topological polar surface area (TPSA) is 121 Å². The van der Waals surface area contributed by atoms with Crippen LogP contribution in [0.3, 0.4) is 0 Å². The maximum absolute atomic E-state index is 14.9. The Morgan fingerprint density at radius 2 is 2.00 bits per heavy atom. The van der Waals surface area contributed by atoms with Crippen molar-refractivity contribution >= 4 is 28.2 Å². The summed E-state index contributed by atoms with van der Waals surface area (Å²) in [5.74, 6) is -2.42. The van der Waals surface area contributed by atoms with Crippen LogP contribution < -0.4 is 20.7 Å².